The Morgan fingerprint density at radius 3 is 1.60 bits per heavy atom. The smallest absolute Gasteiger partial charge is 0.164 e. The third-order valence-corrected chi connectivity index (χ3v) is 7.87. The van der Waals surface area contributed by atoms with Gasteiger partial charge in [0.25, 0.3) is 0 Å². The first-order valence-corrected chi connectivity index (χ1v) is 14.1. The number of fused-ring (bicyclic) bond motifs is 4. The quantitative estimate of drug-likeness (QED) is 0.211. The summed E-state index contributed by atoms with van der Waals surface area (Å²) in [6, 6.07) is 53.0. The second-order valence-corrected chi connectivity index (χ2v) is 10.5. The number of benzene rings is 7. The topological polar surface area (TPSA) is 38.7 Å². The fraction of sp³-hybridized carbons (Fsp3) is 0. The molecule has 0 saturated carbocycles. The predicted octanol–water partition coefficient (Wildman–Crippen LogP) is 10.00. The summed E-state index contributed by atoms with van der Waals surface area (Å²) in [5.41, 5.74) is 5.16. The van der Waals surface area contributed by atoms with Gasteiger partial charge in [0.2, 0.25) is 0 Å². The van der Waals surface area contributed by atoms with Gasteiger partial charge in [-0.2, -0.15) is 0 Å². The van der Waals surface area contributed by atoms with Gasteiger partial charge in [-0.3, -0.25) is 0 Å². The van der Waals surface area contributed by atoms with E-state index in [1.54, 1.807) is 0 Å². The molecule has 7 aromatic carbocycles. The van der Waals surface area contributed by atoms with Gasteiger partial charge in [0, 0.05) is 16.7 Å². The Morgan fingerprint density at radius 1 is 0.262 bits per heavy atom. The van der Waals surface area contributed by atoms with Crippen LogP contribution in [0.15, 0.2) is 152 Å². The van der Waals surface area contributed by atoms with Gasteiger partial charge >= 0.3 is 0 Å². The molecule has 196 valence electrons. The van der Waals surface area contributed by atoms with Gasteiger partial charge in [-0.15, -0.1) is 0 Å². The van der Waals surface area contributed by atoms with E-state index < -0.39 is 0 Å². The monoisotopic (exact) mass is 535 g/mol. The Morgan fingerprint density at radius 2 is 0.762 bits per heavy atom. The van der Waals surface area contributed by atoms with Gasteiger partial charge < -0.3 is 0 Å². The molecule has 0 aliphatic carbocycles. The molecule has 0 aliphatic heterocycles. The molecule has 3 heteroatoms. The van der Waals surface area contributed by atoms with Gasteiger partial charge in [0.15, 0.2) is 17.5 Å². The molecule has 0 atom stereocenters. The minimum atomic E-state index is 0.653. The van der Waals surface area contributed by atoms with E-state index in [1.807, 2.05) is 30.3 Å². The van der Waals surface area contributed by atoms with Gasteiger partial charge in [-0.1, -0.05) is 133 Å². The lowest BCUT2D eigenvalue weighted by molar-refractivity contribution is 1.07. The maximum atomic E-state index is 5.00. The normalized spacial score (nSPS) is 11.3. The van der Waals surface area contributed by atoms with Crippen LogP contribution in [0.4, 0.5) is 0 Å². The average molecular weight is 536 g/mol. The summed E-state index contributed by atoms with van der Waals surface area (Å²) < 4.78 is 0. The Kier molecular flexibility index (Phi) is 5.79. The van der Waals surface area contributed by atoms with Crippen molar-refractivity contribution in [3.8, 4) is 45.3 Å². The number of hydrogen-bond donors (Lipinski definition) is 0. The lowest BCUT2D eigenvalue weighted by atomic mass is 9.96. The molecule has 0 aliphatic rings. The average Bonchev–Trinajstić information content (AvgIpc) is 3.08. The molecule has 8 aromatic rings. The molecule has 42 heavy (non-hydrogen) atoms. The van der Waals surface area contributed by atoms with Crippen LogP contribution in [0.2, 0.25) is 0 Å². The van der Waals surface area contributed by atoms with Crippen LogP contribution in [0.25, 0.3) is 77.6 Å². The molecule has 0 fully saturated rings. The second-order valence-electron chi connectivity index (χ2n) is 10.5. The molecule has 0 bridgehead atoms. The van der Waals surface area contributed by atoms with Crippen molar-refractivity contribution >= 4 is 32.3 Å². The van der Waals surface area contributed by atoms with E-state index in [0.717, 1.165) is 33.2 Å². The molecule has 8 rings (SSSR count). The molecule has 0 spiro atoms. The summed E-state index contributed by atoms with van der Waals surface area (Å²) in [4.78, 5) is 14.9. The predicted molar refractivity (Wildman–Crippen MR) is 174 cm³/mol. The van der Waals surface area contributed by atoms with Crippen LogP contribution in [0.1, 0.15) is 0 Å². The summed E-state index contributed by atoms with van der Waals surface area (Å²) in [6.07, 6.45) is 0. The summed E-state index contributed by atoms with van der Waals surface area (Å²) in [6.45, 7) is 0. The van der Waals surface area contributed by atoms with Crippen molar-refractivity contribution in [2.45, 2.75) is 0 Å². The van der Waals surface area contributed by atoms with Gasteiger partial charge in [0.05, 0.1) is 0 Å². The van der Waals surface area contributed by atoms with Crippen molar-refractivity contribution in [3.05, 3.63) is 152 Å². The molecule has 3 nitrogen and oxygen atoms in total. The second kappa shape index (κ2) is 10.1. The molecule has 1 heterocycles. The summed E-state index contributed by atoms with van der Waals surface area (Å²) in [5, 5.41) is 7.36. The Bertz CT molecular complexity index is 2250. The molecule has 0 saturated heterocycles. The molecule has 1 aromatic heterocycles. The zero-order valence-corrected chi connectivity index (χ0v) is 22.8. The highest BCUT2D eigenvalue weighted by atomic mass is 15.0. The molecule has 0 amide bonds. The zero-order chi connectivity index (χ0) is 27.9. The van der Waals surface area contributed by atoms with Crippen LogP contribution in [-0.2, 0) is 0 Å². The van der Waals surface area contributed by atoms with E-state index >= 15 is 0 Å². The van der Waals surface area contributed by atoms with Crippen molar-refractivity contribution < 1.29 is 0 Å². The largest absolute Gasteiger partial charge is 0.208 e. The van der Waals surface area contributed by atoms with Crippen molar-refractivity contribution in [2.75, 3.05) is 0 Å². The third-order valence-electron chi connectivity index (χ3n) is 7.87. The lowest BCUT2D eigenvalue weighted by Gasteiger charge is -2.11. The first-order valence-electron chi connectivity index (χ1n) is 14.1. The number of rotatable bonds is 4. The fourth-order valence-electron chi connectivity index (χ4n) is 5.71. The SMILES string of the molecule is c1ccc(-c2nc(-c3cccc(-c4ccc5c(ccc6ccccc65)c4)c3)nc(-c3ccc4ccccc4c3)n2)cc1. The Balaban J connectivity index is 1.25. The first kappa shape index (κ1) is 24.2. The summed E-state index contributed by atoms with van der Waals surface area (Å²) in [5.74, 6) is 1.97. The highest BCUT2D eigenvalue weighted by molar-refractivity contribution is 6.08. The van der Waals surface area contributed by atoms with E-state index in [2.05, 4.69) is 121 Å². The molecule has 0 N–H and O–H groups in total. The van der Waals surface area contributed by atoms with Crippen molar-refractivity contribution in [2.24, 2.45) is 0 Å². The summed E-state index contributed by atoms with van der Waals surface area (Å²) in [7, 11) is 0. The Hall–Kier alpha value is -5.67. The van der Waals surface area contributed by atoms with Crippen LogP contribution < -0.4 is 0 Å². The lowest BCUT2D eigenvalue weighted by Crippen LogP contribution is -2.00. The zero-order valence-electron chi connectivity index (χ0n) is 22.8. The van der Waals surface area contributed by atoms with E-state index in [1.165, 1.54) is 26.9 Å². The van der Waals surface area contributed by atoms with Crippen LogP contribution in [0, 0.1) is 0 Å². The molecular formula is C39H25N3. The van der Waals surface area contributed by atoms with Crippen LogP contribution in [0.3, 0.4) is 0 Å². The molecule has 0 unspecified atom stereocenters. The molecular weight excluding hydrogens is 510 g/mol. The van der Waals surface area contributed by atoms with Crippen LogP contribution >= 0.6 is 0 Å². The number of hydrogen-bond acceptors (Lipinski definition) is 3. The Labute approximate surface area is 243 Å². The number of aromatic nitrogens is 3. The van der Waals surface area contributed by atoms with E-state index in [-0.39, 0.29) is 0 Å². The number of nitrogens with zero attached hydrogens (tertiary/aromatic N) is 3. The standard InChI is InChI=1S/C39H25N3/c1-2-11-28(12-3-1)37-40-38(42-39(41-37)34-20-17-26-9-4-5-13-29(26)24-34)33-15-8-14-30(25-33)31-21-22-36-32(23-31)19-18-27-10-6-7-16-35(27)36/h1-25H. The first-order chi connectivity index (χ1) is 20.8. The minimum absolute atomic E-state index is 0.653. The molecule has 0 radical (unpaired) electrons. The van der Waals surface area contributed by atoms with E-state index in [9.17, 15) is 0 Å². The van der Waals surface area contributed by atoms with Gasteiger partial charge in [-0.05, 0) is 61.6 Å². The summed E-state index contributed by atoms with van der Waals surface area (Å²) >= 11 is 0. The highest BCUT2D eigenvalue weighted by Crippen LogP contribution is 2.32. The van der Waals surface area contributed by atoms with E-state index in [0.29, 0.717) is 17.5 Å². The fourth-order valence-corrected chi connectivity index (χ4v) is 5.71. The van der Waals surface area contributed by atoms with Gasteiger partial charge in [0.1, 0.15) is 0 Å². The van der Waals surface area contributed by atoms with Crippen LogP contribution in [0.5, 0.6) is 0 Å². The van der Waals surface area contributed by atoms with Crippen molar-refractivity contribution in [1.29, 1.82) is 0 Å². The maximum Gasteiger partial charge on any atom is 0.164 e. The van der Waals surface area contributed by atoms with Crippen LogP contribution in [-0.4, -0.2) is 15.0 Å². The minimum Gasteiger partial charge on any atom is -0.208 e. The highest BCUT2D eigenvalue weighted by Gasteiger charge is 2.13. The maximum absolute atomic E-state index is 5.00. The third kappa shape index (κ3) is 4.38. The van der Waals surface area contributed by atoms with Crippen molar-refractivity contribution in [1.82, 2.24) is 15.0 Å². The van der Waals surface area contributed by atoms with E-state index in [4.69, 9.17) is 15.0 Å². The van der Waals surface area contributed by atoms with Gasteiger partial charge in [-0.25, -0.2) is 15.0 Å². The van der Waals surface area contributed by atoms with Crippen molar-refractivity contribution in [3.63, 3.8) is 0 Å².